The van der Waals surface area contributed by atoms with Crippen molar-refractivity contribution in [2.75, 3.05) is 11.6 Å². The molecular formula is C21H19NO3S. The minimum Gasteiger partial charge on any atom is -0.449 e. The second-order valence-corrected chi connectivity index (χ2v) is 6.71. The Balaban J connectivity index is 1.63. The molecule has 0 aliphatic rings. The highest BCUT2D eigenvalue weighted by molar-refractivity contribution is 7.98. The normalized spacial score (nSPS) is 11.8. The largest absolute Gasteiger partial charge is 0.449 e. The summed E-state index contributed by atoms with van der Waals surface area (Å²) >= 11 is 1.59. The Bertz CT molecular complexity index is 937. The molecule has 0 saturated carbocycles. The van der Waals surface area contributed by atoms with Crippen molar-refractivity contribution in [3.63, 3.8) is 0 Å². The number of nitrogens with one attached hydrogen (secondary N) is 1. The van der Waals surface area contributed by atoms with Crippen LogP contribution in [-0.4, -0.2) is 24.2 Å². The summed E-state index contributed by atoms with van der Waals surface area (Å²) in [6.07, 6.45) is 1.07. The number of hydrogen-bond donors (Lipinski definition) is 1. The second kappa shape index (κ2) is 8.06. The summed E-state index contributed by atoms with van der Waals surface area (Å²) in [5.74, 6) is -0.881. The highest BCUT2D eigenvalue weighted by atomic mass is 32.2. The molecule has 0 saturated heterocycles. The summed E-state index contributed by atoms with van der Waals surface area (Å²) in [4.78, 5) is 25.6. The monoisotopic (exact) mass is 365 g/mol. The molecule has 0 aliphatic carbocycles. The van der Waals surface area contributed by atoms with Gasteiger partial charge in [-0.3, -0.25) is 4.79 Å². The van der Waals surface area contributed by atoms with Crippen LogP contribution in [0.25, 0.3) is 10.8 Å². The molecular weight excluding hydrogens is 346 g/mol. The Morgan fingerprint density at radius 1 is 0.962 bits per heavy atom. The topological polar surface area (TPSA) is 55.4 Å². The highest BCUT2D eigenvalue weighted by Crippen LogP contribution is 2.19. The summed E-state index contributed by atoms with van der Waals surface area (Å²) < 4.78 is 5.27. The van der Waals surface area contributed by atoms with E-state index in [1.807, 2.05) is 60.9 Å². The average molecular weight is 365 g/mol. The van der Waals surface area contributed by atoms with Crippen LogP contribution in [0.15, 0.2) is 71.6 Å². The van der Waals surface area contributed by atoms with Crippen molar-refractivity contribution in [2.45, 2.75) is 17.9 Å². The van der Waals surface area contributed by atoms with Gasteiger partial charge in [-0.2, -0.15) is 0 Å². The van der Waals surface area contributed by atoms with Gasteiger partial charge >= 0.3 is 5.97 Å². The third-order valence-electron chi connectivity index (χ3n) is 4.00. The zero-order valence-corrected chi connectivity index (χ0v) is 15.4. The predicted octanol–water partition coefficient (Wildman–Crippen LogP) is 4.75. The van der Waals surface area contributed by atoms with E-state index in [2.05, 4.69) is 5.32 Å². The molecule has 4 nitrogen and oxygen atoms in total. The number of carbonyl (C=O) groups is 2. The number of ether oxygens (including phenoxy) is 1. The second-order valence-electron chi connectivity index (χ2n) is 5.83. The first-order chi connectivity index (χ1) is 12.6. The van der Waals surface area contributed by atoms with Gasteiger partial charge < -0.3 is 10.1 Å². The summed E-state index contributed by atoms with van der Waals surface area (Å²) in [5, 5.41) is 4.92. The van der Waals surface area contributed by atoms with Crippen LogP contribution in [0.3, 0.4) is 0 Å². The predicted molar refractivity (Wildman–Crippen MR) is 106 cm³/mol. The van der Waals surface area contributed by atoms with E-state index in [9.17, 15) is 9.59 Å². The molecule has 0 fully saturated rings. The zero-order chi connectivity index (χ0) is 18.5. The van der Waals surface area contributed by atoms with E-state index in [4.69, 9.17) is 4.74 Å². The quantitative estimate of drug-likeness (QED) is 0.524. The van der Waals surface area contributed by atoms with Crippen LogP contribution >= 0.6 is 11.8 Å². The summed E-state index contributed by atoms with van der Waals surface area (Å²) in [6.45, 7) is 1.56. The van der Waals surface area contributed by atoms with Crippen LogP contribution < -0.4 is 5.32 Å². The molecule has 0 radical (unpaired) electrons. The van der Waals surface area contributed by atoms with Crippen LogP contribution in [0.2, 0.25) is 0 Å². The molecule has 0 aliphatic heterocycles. The number of thioether (sulfide) groups is 1. The van der Waals surface area contributed by atoms with Gasteiger partial charge in [-0.15, -0.1) is 11.8 Å². The van der Waals surface area contributed by atoms with Crippen molar-refractivity contribution in [3.05, 3.63) is 72.3 Å². The summed E-state index contributed by atoms with van der Waals surface area (Å²) in [5.41, 5.74) is 1.09. The Hall–Kier alpha value is -2.79. The lowest BCUT2D eigenvalue weighted by Gasteiger charge is -2.14. The number of benzene rings is 3. The molecule has 5 heteroatoms. The smallest absolute Gasteiger partial charge is 0.338 e. The van der Waals surface area contributed by atoms with E-state index in [0.29, 0.717) is 11.3 Å². The van der Waals surface area contributed by atoms with Crippen molar-refractivity contribution in [1.82, 2.24) is 0 Å². The van der Waals surface area contributed by atoms with Crippen molar-refractivity contribution < 1.29 is 14.3 Å². The fraction of sp³-hybridized carbons (Fsp3) is 0.143. The lowest BCUT2D eigenvalue weighted by atomic mass is 10.1. The number of amides is 1. The van der Waals surface area contributed by atoms with E-state index >= 15 is 0 Å². The van der Waals surface area contributed by atoms with Crippen LogP contribution in [0.5, 0.6) is 0 Å². The summed E-state index contributed by atoms with van der Waals surface area (Å²) in [7, 11) is 0. The molecule has 1 amide bonds. The maximum absolute atomic E-state index is 12.3. The van der Waals surface area contributed by atoms with Gasteiger partial charge in [0.1, 0.15) is 0 Å². The lowest BCUT2D eigenvalue weighted by molar-refractivity contribution is -0.123. The van der Waals surface area contributed by atoms with Gasteiger partial charge in [0.25, 0.3) is 5.91 Å². The molecule has 1 atom stereocenters. The molecule has 26 heavy (non-hydrogen) atoms. The molecule has 0 bridgehead atoms. The van der Waals surface area contributed by atoms with E-state index in [-0.39, 0.29) is 5.91 Å². The first-order valence-electron chi connectivity index (χ1n) is 8.21. The Kier molecular flexibility index (Phi) is 5.58. The van der Waals surface area contributed by atoms with Gasteiger partial charge in [0.2, 0.25) is 0 Å². The zero-order valence-electron chi connectivity index (χ0n) is 14.6. The van der Waals surface area contributed by atoms with Gasteiger partial charge in [0.15, 0.2) is 6.10 Å². The molecule has 3 aromatic carbocycles. The third kappa shape index (κ3) is 4.24. The summed E-state index contributed by atoms with van der Waals surface area (Å²) in [6, 6.07) is 20.6. The van der Waals surface area contributed by atoms with Crippen molar-refractivity contribution in [1.29, 1.82) is 0 Å². The molecule has 3 aromatic rings. The van der Waals surface area contributed by atoms with Crippen molar-refractivity contribution >= 4 is 40.1 Å². The fourth-order valence-corrected chi connectivity index (χ4v) is 2.93. The Morgan fingerprint density at radius 2 is 1.65 bits per heavy atom. The van der Waals surface area contributed by atoms with Crippen LogP contribution in [0.1, 0.15) is 17.3 Å². The van der Waals surface area contributed by atoms with E-state index in [1.165, 1.54) is 0 Å². The molecule has 0 aromatic heterocycles. The highest BCUT2D eigenvalue weighted by Gasteiger charge is 2.19. The van der Waals surface area contributed by atoms with Crippen LogP contribution in [-0.2, 0) is 9.53 Å². The maximum atomic E-state index is 12.3. The Morgan fingerprint density at radius 3 is 2.35 bits per heavy atom. The minimum atomic E-state index is -0.894. The van der Waals surface area contributed by atoms with Crippen molar-refractivity contribution in [3.8, 4) is 0 Å². The molecule has 3 rings (SSSR count). The number of carbonyl (C=O) groups excluding carboxylic acids is 2. The average Bonchev–Trinajstić information content (AvgIpc) is 2.67. The molecule has 1 N–H and O–H groups in total. The number of rotatable bonds is 5. The number of hydrogen-bond acceptors (Lipinski definition) is 4. The molecule has 0 unspecified atom stereocenters. The van der Waals surface area contributed by atoms with Gasteiger partial charge in [0.05, 0.1) is 5.56 Å². The minimum absolute atomic E-state index is 0.366. The van der Waals surface area contributed by atoms with E-state index in [0.717, 1.165) is 15.7 Å². The first-order valence-corrected chi connectivity index (χ1v) is 9.44. The maximum Gasteiger partial charge on any atom is 0.338 e. The van der Waals surface area contributed by atoms with Crippen LogP contribution in [0.4, 0.5) is 5.69 Å². The number of anilines is 1. The SMILES string of the molecule is CSc1ccc(C(=O)O[C@H](C)C(=O)Nc2ccc3ccccc3c2)cc1. The lowest BCUT2D eigenvalue weighted by Crippen LogP contribution is -2.30. The van der Waals surface area contributed by atoms with Crippen LogP contribution in [0, 0.1) is 0 Å². The van der Waals surface area contributed by atoms with Crippen molar-refractivity contribution in [2.24, 2.45) is 0 Å². The molecule has 0 spiro atoms. The van der Waals surface area contributed by atoms with Gasteiger partial charge in [-0.1, -0.05) is 30.3 Å². The van der Waals surface area contributed by atoms with E-state index < -0.39 is 12.1 Å². The van der Waals surface area contributed by atoms with Gasteiger partial charge in [-0.05, 0) is 60.4 Å². The fourth-order valence-electron chi connectivity index (χ4n) is 2.52. The third-order valence-corrected chi connectivity index (χ3v) is 4.74. The molecule has 0 heterocycles. The Labute approximate surface area is 156 Å². The van der Waals surface area contributed by atoms with Gasteiger partial charge in [0, 0.05) is 10.6 Å². The first kappa shape index (κ1) is 18.0. The van der Waals surface area contributed by atoms with Gasteiger partial charge in [-0.25, -0.2) is 4.79 Å². The number of fused-ring (bicyclic) bond motifs is 1. The molecule has 132 valence electrons. The van der Waals surface area contributed by atoms with E-state index in [1.54, 1.807) is 30.8 Å². The standard InChI is InChI=1S/C21H19NO3S/c1-14(25-21(24)16-8-11-19(26-2)12-9-16)20(23)22-18-10-7-15-5-3-4-6-17(15)13-18/h3-14H,1-2H3,(H,22,23)/t14-/m1/s1. The number of esters is 1.